The number of fused-ring (bicyclic) bond motifs is 6. The maximum Gasteiger partial charge on any atom is 0.243 e. The van der Waals surface area contributed by atoms with Crippen LogP contribution in [0.4, 0.5) is 0 Å². The second kappa shape index (κ2) is 11.3. The Balaban J connectivity index is 1.70. The molecule has 4 atom stereocenters. The SMILES string of the molecule is Cn1cncc1C1(NS(=O)C(C)(C)C)CCCN[C@H]2CCN(C2)S(=O)(=O)c2cccc(c2)Oc2cc1ccc2C#N. The Morgan fingerprint density at radius 3 is 2.76 bits per heavy atom. The fraction of sp³-hybridized carbons (Fsp3) is 0.448. The first kappa shape index (κ1) is 29.4. The van der Waals surface area contributed by atoms with Crippen LogP contribution in [-0.2, 0) is 33.6 Å². The molecule has 2 aliphatic rings. The third-order valence-electron chi connectivity index (χ3n) is 7.66. The molecule has 0 radical (unpaired) electrons. The van der Waals surface area contributed by atoms with Crippen molar-refractivity contribution in [2.24, 2.45) is 7.05 Å². The van der Waals surface area contributed by atoms with E-state index in [0.717, 1.165) is 11.3 Å². The van der Waals surface area contributed by atoms with Crippen LogP contribution in [-0.4, -0.2) is 56.9 Å². The van der Waals surface area contributed by atoms with Crippen molar-refractivity contribution in [3.05, 3.63) is 71.8 Å². The summed E-state index contributed by atoms with van der Waals surface area (Å²) in [5.41, 5.74) is 0.951. The van der Waals surface area contributed by atoms with Gasteiger partial charge >= 0.3 is 0 Å². The molecule has 41 heavy (non-hydrogen) atoms. The van der Waals surface area contributed by atoms with E-state index < -0.39 is 31.3 Å². The van der Waals surface area contributed by atoms with E-state index in [-0.39, 0.29) is 16.7 Å². The predicted octanol–water partition coefficient (Wildman–Crippen LogP) is 3.53. The van der Waals surface area contributed by atoms with Gasteiger partial charge < -0.3 is 14.6 Å². The first-order valence-electron chi connectivity index (χ1n) is 13.7. The van der Waals surface area contributed by atoms with Gasteiger partial charge in [-0.05, 0) is 76.4 Å². The Morgan fingerprint density at radius 2 is 2.05 bits per heavy atom. The summed E-state index contributed by atoms with van der Waals surface area (Å²) in [5.74, 6) is 0.582. The average molecular weight is 597 g/mol. The summed E-state index contributed by atoms with van der Waals surface area (Å²) in [4.78, 5) is 4.53. The highest BCUT2D eigenvalue weighted by Crippen LogP contribution is 2.39. The molecule has 218 valence electrons. The molecule has 5 rings (SSSR count). The second-order valence-corrected chi connectivity index (χ2v) is 15.5. The Hall–Kier alpha value is -3.08. The average Bonchev–Trinajstić information content (AvgIpc) is 3.59. The molecule has 2 aliphatic heterocycles. The number of nitrogens with zero attached hydrogens (tertiary/aromatic N) is 4. The van der Waals surface area contributed by atoms with Crippen molar-refractivity contribution in [1.82, 2.24) is 23.9 Å². The van der Waals surface area contributed by atoms with E-state index in [1.807, 2.05) is 38.5 Å². The molecule has 3 heterocycles. The van der Waals surface area contributed by atoms with Crippen molar-refractivity contribution in [1.29, 1.82) is 5.26 Å². The number of rotatable bonds is 3. The van der Waals surface area contributed by atoms with E-state index in [2.05, 4.69) is 21.1 Å². The Bertz CT molecular complexity index is 1610. The van der Waals surface area contributed by atoms with Gasteiger partial charge in [-0.25, -0.2) is 22.3 Å². The van der Waals surface area contributed by atoms with Gasteiger partial charge in [-0.15, -0.1) is 0 Å². The van der Waals surface area contributed by atoms with Crippen LogP contribution in [0.3, 0.4) is 0 Å². The van der Waals surface area contributed by atoms with Crippen molar-refractivity contribution in [2.75, 3.05) is 19.6 Å². The molecule has 6 bridgehead atoms. The number of benzene rings is 2. The molecule has 2 N–H and O–H groups in total. The van der Waals surface area contributed by atoms with Crippen LogP contribution in [0.1, 0.15) is 56.9 Å². The van der Waals surface area contributed by atoms with Gasteiger partial charge in [-0.1, -0.05) is 12.1 Å². The van der Waals surface area contributed by atoms with E-state index in [1.54, 1.807) is 42.9 Å². The fourth-order valence-corrected chi connectivity index (χ4v) is 7.86. The van der Waals surface area contributed by atoms with E-state index in [0.29, 0.717) is 50.2 Å². The number of sulfonamides is 1. The summed E-state index contributed by atoms with van der Waals surface area (Å²) >= 11 is 0. The van der Waals surface area contributed by atoms with Crippen molar-refractivity contribution in [3.63, 3.8) is 0 Å². The van der Waals surface area contributed by atoms with Crippen LogP contribution in [0.15, 0.2) is 59.9 Å². The largest absolute Gasteiger partial charge is 0.456 e. The van der Waals surface area contributed by atoms with Gasteiger partial charge in [0.2, 0.25) is 10.0 Å². The fourth-order valence-electron chi connectivity index (χ4n) is 5.37. The molecule has 3 aromatic rings. The second-order valence-electron chi connectivity index (χ2n) is 11.6. The van der Waals surface area contributed by atoms with Gasteiger partial charge in [0, 0.05) is 32.2 Å². The predicted molar refractivity (Wildman–Crippen MR) is 157 cm³/mol. The molecule has 2 aromatic carbocycles. The smallest absolute Gasteiger partial charge is 0.243 e. The highest BCUT2D eigenvalue weighted by molar-refractivity contribution is 7.89. The number of nitrogens with one attached hydrogen (secondary N) is 2. The molecular formula is C29H36N6O4S2. The van der Waals surface area contributed by atoms with Crippen molar-refractivity contribution in [3.8, 4) is 17.6 Å². The van der Waals surface area contributed by atoms with Crippen molar-refractivity contribution in [2.45, 2.75) is 61.3 Å². The summed E-state index contributed by atoms with van der Waals surface area (Å²) in [6, 6.07) is 13.9. The van der Waals surface area contributed by atoms with Gasteiger partial charge in [0.25, 0.3) is 0 Å². The summed E-state index contributed by atoms with van der Waals surface area (Å²) in [7, 11) is -3.26. The third kappa shape index (κ3) is 5.82. The van der Waals surface area contributed by atoms with Gasteiger partial charge in [0.15, 0.2) is 0 Å². The van der Waals surface area contributed by atoms with Gasteiger partial charge in [0.1, 0.15) is 17.6 Å². The standard InChI is InChI=1S/C29H36N6O4S2/c1-28(2,3)40(36)33-29(27-18-31-20-34(27)4)12-6-13-32-23-11-14-35(19-23)41(37,38)25-8-5-7-24(16-25)39-26-15-22(29)10-9-21(26)17-30/h5,7-10,15-16,18,20,23,32-33H,6,11-14,19H2,1-4H3/t23-,29?,40?/m0/s1. The van der Waals surface area contributed by atoms with Crippen molar-refractivity contribution >= 4 is 21.0 Å². The van der Waals surface area contributed by atoms with E-state index in [9.17, 15) is 17.9 Å². The molecular weight excluding hydrogens is 560 g/mol. The van der Waals surface area contributed by atoms with Crippen LogP contribution >= 0.6 is 0 Å². The zero-order valence-corrected chi connectivity index (χ0v) is 25.4. The maximum absolute atomic E-state index is 13.7. The summed E-state index contributed by atoms with van der Waals surface area (Å²) in [6.07, 6.45) is 5.45. The molecule has 3 unspecified atom stereocenters. The Morgan fingerprint density at radius 1 is 1.24 bits per heavy atom. The Kier molecular flexibility index (Phi) is 8.11. The van der Waals surface area contributed by atoms with Crippen molar-refractivity contribution < 1.29 is 17.4 Å². The van der Waals surface area contributed by atoms with Gasteiger partial charge in [0.05, 0.1) is 49.9 Å². The van der Waals surface area contributed by atoms with E-state index in [4.69, 9.17) is 4.74 Å². The highest BCUT2D eigenvalue weighted by Gasteiger charge is 2.41. The van der Waals surface area contributed by atoms with Crippen LogP contribution in [0.5, 0.6) is 11.5 Å². The van der Waals surface area contributed by atoms with Crippen LogP contribution < -0.4 is 14.8 Å². The molecule has 12 heteroatoms. The van der Waals surface area contributed by atoms with Crippen LogP contribution in [0.25, 0.3) is 0 Å². The molecule has 0 saturated carbocycles. The number of ether oxygens (including phenoxy) is 1. The number of hydrogen-bond donors (Lipinski definition) is 2. The monoisotopic (exact) mass is 596 g/mol. The zero-order valence-electron chi connectivity index (χ0n) is 23.8. The number of aryl methyl sites for hydroxylation is 1. The lowest BCUT2D eigenvalue weighted by Crippen LogP contribution is -2.50. The zero-order chi connectivity index (χ0) is 29.4. The van der Waals surface area contributed by atoms with E-state index in [1.165, 1.54) is 10.4 Å². The first-order valence-corrected chi connectivity index (χ1v) is 16.3. The lowest BCUT2D eigenvalue weighted by molar-refractivity contribution is 0.388. The minimum atomic E-state index is -3.71. The molecule has 1 saturated heterocycles. The number of imidazole rings is 1. The minimum Gasteiger partial charge on any atom is -0.456 e. The van der Waals surface area contributed by atoms with Crippen LogP contribution in [0.2, 0.25) is 0 Å². The van der Waals surface area contributed by atoms with E-state index >= 15 is 0 Å². The number of aromatic nitrogens is 2. The molecule has 1 fully saturated rings. The minimum absolute atomic E-state index is 0.0291. The van der Waals surface area contributed by atoms with Crippen LogP contribution in [0, 0.1) is 11.3 Å². The maximum atomic E-state index is 13.7. The topological polar surface area (TPSA) is 129 Å². The summed E-state index contributed by atoms with van der Waals surface area (Å²) in [5, 5.41) is 13.5. The lowest BCUT2D eigenvalue weighted by Gasteiger charge is -2.38. The Labute approximate surface area is 244 Å². The van der Waals surface area contributed by atoms with Gasteiger partial charge in [-0.2, -0.15) is 9.57 Å². The number of hydrogen-bond acceptors (Lipinski definition) is 7. The normalized spacial score (nSPS) is 25.1. The summed E-state index contributed by atoms with van der Waals surface area (Å²) < 4.78 is 53.1. The molecule has 1 aromatic heterocycles. The number of nitriles is 1. The molecule has 0 aliphatic carbocycles. The lowest BCUT2D eigenvalue weighted by atomic mass is 9.82. The molecule has 0 spiro atoms. The quantitative estimate of drug-likeness (QED) is 0.473. The third-order valence-corrected chi connectivity index (χ3v) is 11.2. The van der Waals surface area contributed by atoms with Gasteiger partial charge in [-0.3, -0.25) is 0 Å². The molecule has 0 amide bonds. The summed E-state index contributed by atoms with van der Waals surface area (Å²) in [6.45, 7) is 7.20. The highest BCUT2D eigenvalue weighted by atomic mass is 32.2. The molecule has 10 nitrogen and oxygen atoms in total. The first-order chi connectivity index (χ1) is 19.4.